The van der Waals surface area contributed by atoms with Crippen LogP contribution in [0.15, 0.2) is 71.8 Å². The SMILES string of the molecule is CCOc1ccc(-c2ccc(N3CCN(C(=O)CCn4cnc5ccccc5c4=O)CC3)nn2)cc1. The highest BCUT2D eigenvalue weighted by Crippen LogP contribution is 2.22. The topological polar surface area (TPSA) is 93.5 Å². The van der Waals surface area contributed by atoms with Crippen LogP contribution in [-0.2, 0) is 11.3 Å². The third kappa shape index (κ3) is 5.05. The zero-order valence-electron chi connectivity index (χ0n) is 20.2. The molecule has 5 rings (SSSR count). The molecule has 36 heavy (non-hydrogen) atoms. The van der Waals surface area contributed by atoms with Crippen LogP contribution in [0, 0.1) is 0 Å². The molecule has 0 radical (unpaired) electrons. The van der Waals surface area contributed by atoms with E-state index in [0.29, 0.717) is 50.2 Å². The van der Waals surface area contributed by atoms with E-state index >= 15 is 0 Å². The predicted octanol–water partition coefficient (Wildman–Crippen LogP) is 2.99. The molecule has 1 aliphatic rings. The van der Waals surface area contributed by atoms with Crippen LogP contribution in [0.4, 0.5) is 5.82 Å². The largest absolute Gasteiger partial charge is 0.494 e. The second-order valence-electron chi connectivity index (χ2n) is 8.61. The summed E-state index contributed by atoms with van der Waals surface area (Å²) in [5.41, 5.74) is 2.32. The zero-order chi connectivity index (χ0) is 24.9. The highest BCUT2D eigenvalue weighted by Gasteiger charge is 2.22. The number of rotatable bonds is 7. The van der Waals surface area contributed by atoms with Crippen molar-refractivity contribution in [1.82, 2.24) is 24.6 Å². The summed E-state index contributed by atoms with van der Waals surface area (Å²) in [6, 6.07) is 19.0. The van der Waals surface area contributed by atoms with Gasteiger partial charge in [0, 0.05) is 44.7 Å². The van der Waals surface area contributed by atoms with Gasteiger partial charge in [-0.1, -0.05) is 12.1 Å². The van der Waals surface area contributed by atoms with Crippen LogP contribution in [0.5, 0.6) is 5.75 Å². The summed E-state index contributed by atoms with van der Waals surface area (Å²) in [5.74, 6) is 1.66. The first-order chi connectivity index (χ1) is 17.6. The summed E-state index contributed by atoms with van der Waals surface area (Å²) in [6.07, 6.45) is 1.78. The molecular weight excluding hydrogens is 456 g/mol. The Bertz CT molecular complexity index is 1390. The number of aromatic nitrogens is 4. The lowest BCUT2D eigenvalue weighted by molar-refractivity contribution is -0.131. The molecule has 0 spiro atoms. The first kappa shape index (κ1) is 23.5. The highest BCUT2D eigenvalue weighted by molar-refractivity contribution is 5.78. The van der Waals surface area contributed by atoms with Crippen LogP contribution in [0.2, 0.25) is 0 Å². The Labute approximate surface area is 209 Å². The van der Waals surface area contributed by atoms with Gasteiger partial charge in [-0.15, -0.1) is 10.2 Å². The van der Waals surface area contributed by atoms with E-state index in [0.717, 1.165) is 22.8 Å². The van der Waals surface area contributed by atoms with Crippen molar-refractivity contribution in [3.05, 3.63) is 77.3 Å². The maximum Gasteiger partial charge on any atom is 0.261 e. The second kappa shape index (κ2) is 10.6. The summed E-state index contributed by atoms with van der Waals surface area (Å²) in [7, 11) is 0. The Balaban J connectivity index is 1.14. The van der Waals surface area contributed by atoms with Crippen molar-refractivity contribution in [2.45, 2.75) is 19.9 Å². The first-order valence-corrected chi connectivity index (χ1v) is 12.2. The number of nitrogens with zero attached hydrogens (tertiary/aromatic N) is 6. The molecule has 1 aliphatic heterocycles. The summed E-state index contributed by atoms with van der Waals surface area (Å²) in [4.78, 5) is 33.7. The number of amides is 1. The highest BCUT2D eigenvalue weighted by atomic mass is 16.5. The molecule has 184 valence electrons. The average Bonchev–Trinajstić information content (AvgIpc) is 2.93. The number of anilines is 1. The molecule has 0 bridgehead atoms. The number of para-hydroxylation sites is 1. The lowest BCUT2D eigenvalue weighted by atomic mass is 10.1. The number of ether oxygens (including phenoxy) is 1. The minimum atomic E-state index is -0.120. The van der Waals surface area contributed by atoms with Crippen LogP contribution >= 0.6 is 0 Å². The fourth-order valence-electron chi connectivity index (χ4n) is 4.36. The van der Waals surface area contributed by atoms with Gasteiger partial charge in [0.25, 0.3) is 5.56 Å². The van der Waals surface area contributed by atoms with E-state index in [2.05, 4.69) is 20.1 Å². The molecule has 0 aliphatic carbocycles. The predicted molar refractivity (Wildman–Crippen MR) is 138 cm³/mol. The first-order valence-electron chi connectivity index (χ1n) is 12.2. The van der Waals surface area contributed by atoms with Crippen molar-refractivity contribution >= 4 is 22.6 Å². The van der Waals surface area contributed by atoms with E-state index in [1.54, 1.807) is 6.07 Å². The van der Waals surface area contributed by atoms with Crippen molar-refractivity contribution in [3.63, 3.8) is 0 Å². The van der Waals surface area contributed by atoms with Crippen molar-refractivity contribution in [2.75, 3.05) is 37.7 Å². The Hall–Kier alpha value is -4.27. The fraction of sp³-hybridized carbons (Fsp3) is 0.296. The molecule has 4 aromatic rings. The van der Waals surface area contributed by atoms with Crippen molar-refractivity contribution in [2.24, 2.45) is 0 Å². The van der Waals surface area contributed by atoms with Crippen LogP contribution in [0.3, 0.4) is 0 Å². The van der Waals surface area contributed by atoms with E-state index in [9.17, 15) is 9.59 Å². The number of fused-ring (bicyclic) bond motifs is 1. The normalized spacial score (nSPS) is 13.7. The average molecular weight is 485 g/mol. The summed E-state index contributed by atoms with van der Waals surface area (Å²) in [6.45, 7) is 5.47. The second-order valence-corrected chi connectivity index (χ2v) is 8.61. The summed E-state index contributed by atoms with van der Waals surface area (Å²) in [5, 5.41) is 9.38. The lowest BCUT2D eigenvalue weighted by Gasteiger charge is -2.35. The van der Waals surface area contributed by atoms with E-state index in [4.69, 9.17) is 4.74 Å². The number of carbonyl (C=O) groups excluding carboxylic acids is 1. The number of carbonyl (C=O) groups is 1. The fourth-order valence-corrected chi connectivity index (χ4v) is 4.36. The maximum absolute atomic E-state index is 12.8. The molecule has 2 aromatic carbocycles. The van der Waals surface area contributed by atoms with Gasteiger partial charge in [0.2, 0.25) is 5.91 Å². The van der Waals surface area contributed by atoms with Gasteiger partial charge in [-0.05, 0) is 55.5 Å². The van der Waals surface area contributed by atoms with Crippen LogP contribution < -0.4 is 15.2 Å². The van der Waals surface area contributed by atoms with E-state index < -0.39 is 0 Å². The molecule has 1 fully saturated rings. The van der Waals surface area contributed by atoms with Gasteiger partial charge in [-0.3, -0.25) is 14.2 Å². The molecule has 9 nitrogen and oxygen atoms in total. The van der Waals surface area contributed by atoms with E-state index in [1.807, 2.05) is 66.4 Å². The Morgan fingerprint density at radius 2 is 1.72 bits per heavy atom. The van der Waals surface area contributed by atoms with Crippen LogP contribution in [0.1, 0.15) is 13.3 Å². The van der Waals surface area contributed by atoms with Crippen molar-refractivity contribution in [3.8, 4) is 17.0 Å². The molecule has 3 heterocycles. The molecule has 1 saturated heterocycles. The van der Waals surface area contributed by atoms with Crippen molar-refractivity contribution < 1.29 is 9.53 Å². The molecule has 0 unspecified atom stereocenters. The third-order valence-electron chi connectivity index (χ3n) is 6.37. The number of benzene rings is 2. The third-order valence-corrected chi connectivity index (χ3v) is 6.37. The van der Waals surface area contributed by atoms with Gasteiger partial charge in [-0.25, -0.2) is 4.98 Å². The van der Waals surface area contributed by atoms with Gasteiger partial charge in [-0.2, -0.15) is 0 Å². The molecule has 9 heteroatoms. The quantitative estimate of drug-likeness (QED) is 0.398. The molecular formula is C27H28N6O3. The summed E-state index contributed by atoms with van der Waals surface area (Å²) < 4.78 is 7.00. The van der Waals surface area contributed by atoms with Crippen LogP contribution in [-0.4, -0.2) is 63.3 Å². The number of aryl methyl sites for hydroxylation is 1. The van der Waals surface area contributed by atoms with Crippen molar-refractivity contribution in [1.29, 1.82) is 0 Å². The number of hydrogen-bond donors (Lipinski definition) is 0. The smallest absolute Gasteiger partial charge is 0.261 e. The molecule has 0 saturated carbocycles. The van der Waals surface area contributed by atoms with Gasteiger partial charge in [0.05, 0.1) is 29.5 Å². The minimum Gasteiger partial charge on any atom is -0.494 e. The van der Waals surface area contributed by atoms with Gasteiger partial charge < -0.3 is 14.5 Å². The standard InChI is InChI=1S/C27H28N6O3/c1-2-36-21-9-7-20(8-10-21)23-11-12-25(30-29-23)31-15-17-32(18-16-31)26(34)13-14-33-19-28-24-6-4-3-5-22(24)27(33)35/h3-12,19H,2,13-18H2,1H3. The molecule has 0 N–H and O–H groups in total. The van der Waals surface area contributed by atoms with Crippen LogP contribution in [0.25, 0.3) is 22.2 Å². The Kier molecular flexibility index (Phi) is 6.88. The van der Waals surface area contributed by atoms with Gasteiger partial charge in [0.15, 0.2) is 5.82 Å². The molecule has 0 atom stereocenters. The molecule has 1 amide bonds. The maximum atomic E-state index is 12.8. The lowest BCUT2D eigenvalue weighted by Crippen LogP contribution is -2.49. The zero-order valence-corrected chi connectivity index (χ0v) is 20.2. The Morgan fingerprint density at radius 3 is 2.44 bits per heavy atom. The molecule has 2 aromatic heterocycles. The van der Waals surface area contributed by atoms with Gasteiger partial charge in [0.1, 0.15) is 5.75 Å². The minimum absolute atomic E-state index is 0.0339. The van der Waals surface area contributed by atoms with E-state index in [-0.39, 0.29) is 17.9 Å². The number of hydrogen-bond acceptors (Lipinski definition) is 7. The number of piperazine rings is 1. The van der Waals surface area contributed by atoms with Gasteiger partial charge >= 0.3 is 0 Å². The van der Waals surface area contributed by atoms with E-state index in [1.165, 1.54) is 10.9 Å². The summed E-state index contributed by atoms with van der Waals surface area (Å²) >= 11 is 0. The monoisotopic (exact) mass is 484 g/mol. The Morgan fingerprint density at radius 1 is 0.944 bits per heavy atom.